The highest BCUT2D eigenvalue weighted by Crippen LogP contribution is 2.50. The number of allylic oxidation sites excluding steroid dienone is 2. The third-order valence-electron chi connectivity index (χ3n) is 7.66. The molecule has 1 heterocycles. The van der Waals surface area contributed by atoms with E-state index in [0.717, 1.165) is 23.2 Å². The lowest BCUT2D eigenvalue weighted by Crippen LogP contribution is -2.29. The minimum absolute atomic E-state index is 0.260. The van der Waals surface area contributed by atoms with Crippen molar-refractivity contribution in [2.45, 2.75) is 31.9 Å². The minimum Gasteiger partial charge on any atom is -0.493 e. The maximum absolute atomic E-state index is 6.58. The quantitative estimate of drug-likeness (QED) is 0.178. The molecule has 2 aliphatic rings. The number of benzene rings is 4. The van der Waals surface area contributed by atoms with E-state index in [2.05, 4.69) is 66.9 Å². The van der Waals surface area contributed by atoms with Crippen molar-refractivity contribution in [2.75, 3.05) is 12.4 Å². The van der Waals surface area contributed by atoms with Crippen molar-refractivity contribution in [2.24, 2.45) is 10.9 Å². The maximum atomic E-state index is 6.58. The smallest absolute Gasteiger partial charge is 0.180 e. The van der Waals surface area contributed by atoms with Crippen LogP contribution in [0.3, 0.4) is 0 Å². The van der Waals surface area contributed by atoms with Gasteiger partial charge in [0, 0.05) is 22.8 Å². The highest BCUT2D eigenvalue weighted by molar-refractivity contribution is 6.32. The van der Waals surface area contributed by atoms with Gasteiger partial charge in [0.05, 0.1) is 23.9 Å². The third-order valence-corrected chi connectivity index (χ3v) is 8.17. The molecule has 4 aromatic carbocycles. The molecular formula is C34H30Cl2N2O2. The normalized spacial score (nSPS) is 19.2. The molecule has 202 valence electrons. The van der Waals surface area contributed by atoms with Crippen LogP contribution in [0.15, 0.2) is 96.0 Å². The van der Waals surface area contributed by atoms with Crippen LogP contribution in [0, 0.1) is 12.8 Å². The van der Waals surface area contributed by atoms with E-state index in [1.54, 1.807) is 13.3 Å². The van der Waals surface area contributed by atoms with Gasteiger partial charge in [-0.05, 0) is 84.0 Å². The zero-order valence-electron chi connectivity index (χ0n) is 22.4. The number of nitrogens with zero attached hydrogens (tertiary/aromatic N) is 1. The van der Waals surface area contributed by atoms with E-state index in [-0.39, 0.29) is 6.04 Å². The standard InChI is InChI=1S/C34H30Cl2N2O2/c1-21-9-14-31-29(15-21)27-7-4-8-28(27)33(38-31)24-10-12-26(13-11-24)37-19-23-17-30(36)34(32(18-23)39-2)40-20-22-5-3-6-25(35)16-22/h3-7,9-19,27-28,33,38H,8,20H2,1-2H3/t27-,28-,33-/m0/s1. The molecule has 0 aromatic heterocycles. The van der Waals surface area contributed by atoms with Crippen LogP contribution < -0.4 is 14.8 Å². The van der Waals surface area contributed by atoms with Gasteiger partial charge in [-0.25, -0.2) is 0 Å². The fourth-order valence-electron chi connectivity index (χ4n) is 5.70. The lowest BCUT2D eigenvalue weighted by atomic mass is 9.76. The first-order chi connectivity index (χ1) is 19.5. The van der Waals surface area contributed by atoms with Crippen molar-refractivity contribution < 1.29 is 9.47 Å². The van der Waals surface area contributed by atoms with E-state index >= 15 is 0 Å². The van der Waals surface area contributed by atoms with Crippen molar-refractivity contribution >= 4 is 40.8 Å². The second-order valence-corrected chi connectivity index (χ2v) is 11.2. The van der Waals surface area contributed by atoms with Gasteiger partial charge in [-0.2, -0.15) is 0 Å². The number of anilines is 1. The number of fused-ring (bicyclic) bond motifs is 3. The summed E-state index contributed by atoms with van der Waals surface area (Å²) in [6.45, 7) is 2.49. The molecule has 0 saturated heterocycles. The molecule has 4 aromatic rings. The lowest BCUT2D eigenvalue weighted by Gasteiger charge is -2.37. The molecule has 0 fully saturated rings. The molecule has 1 aliphatic heterocycles. The lowest BCUT2D eigenvalue weighted by molar-refractivity contribution is 0.284. The van der Waals surface area contributed by atoms with Crippen LogP contribution in [0.5, 0.6) is 11.5 Å². The average Bonchev–Trinajstić information content (AvgIpc) is 3.46. The number of nitrogens with one attached hydrogen (secondary N) is 1. The van der Waals surface area contributed by atoms with Crippen LogP contribution in [0.1, 0.15) is 46.2 Å². The van der Waals surface area contributed by atoms with E-state index < -0.39 is 0 Å². The Kier molecular flexibility index (Phi) is 7.55. The largest absolute Gasteiger partial charge is 0.493 e. The first-order valence-corrected chi connectivity index (χ1v) is 14.2. The number of aryl methyl sites for hydroxylation is 1. The SMILES string of the molecule is COc1cc(C=Nc2ccc([C@@H]3Nc4ccc(C)cc4[C@H]4C=CC[C@@H]43)cc2)cc(Cl)c1OCc1cccc(Cl)c1. The molecule has 6 heteroatoms. The van der Waals surface area contributed by atoms with Crippen molar-refractivity contribution in [3.8, 4) is 11.5 Å². The van der Waals surface area contributed by atoms with Crippen molar-refractivity contribution in [3.05, 3.63) is 129 Å². The number of rotatable bonds is 7. The number of ether oxygens (including phenoxy) is 2. The number of methoxy groups -OCH3 is 1. The van der Waals surface area contributed by atoms with Crippen molar-refractivity contribution in [1.82, 2.24) is 0 Å². The molecule has 0 unspecified atom stereocenters. The summed E-state index contributed by atoms with van der Waals surface area (Å²) >= 11 is 12.7. The molecule has 40 heavy (non-hydrogen) atoms. The molecule has 6 rings (SSSR count). The summed E-state index contributed by atoms with van der Waals surface area (Å²) in [6.07, 6.45) is 7.57. The number of halogens is 2. The molecular weight excluding hydrogens is 539 g/mol. The van der Waals surface area contributed by atoms with E-state index in [4.69, 9.17) is 37.7 Å². The summed E-state index contributed by atoms with van der Waals surface area (Å²) in [6, 6.07) is 26.7. The fourth-order valence-corrected chi connectivity index (χ4v) is 6.18. The summed E-state index contributed by atoms with van der Waals surface area (Å²) < 4.78 is 11.5. The molecule has 0 spiro atoms. The van der Waals surface area contributed by atoms with Crippen LogP contribution in [0.2, 0.25) is 10.0 Å². The zero-order chi connectivity index (χ0) is 27.6. The van der Waals surface area contributed by atoms with Gasteiger partial charge in [-0.1, -0.05) is 77.3 Å². The predicted molar refractivity (Wildman–Crippen MR) is 165 cm³/mol. The molecule has 4 nitrogen and oxygen atoms in total. The van der Waals surface area contributed by atoms with E-state index in [1.807, 2.05) is 36.4 Å². The monoisotopic (exact) mass is 568 g/mol. The van der Waals surface area contributed by atoms with E-state index in [0.29, 0.717) is 40.0 Å². The molecule has 0 saturated carbocycles. The molecule has 3 atom stereocenters. The number of hydrogen-bond acceptors (Lipinski definition) is 4. The van der Waals surface area contributed by atoms with Crippen molar-refractivity contribution in [1.29, 1.82) is 0 Å². The first-order valence-electron chi connectivity index (χ1n) is 13.4. The van der Waals surface area contributed by atoms with E-state index in [1.165, 1.54) is 22.4 Å². The van der Waals surface area contributed by atoms with Crippen LogP contribution in [0.25, 0.3) is 0 Å². The molecule has 1 aliphatic carbocycles. The highest BCUT2D eigenvalue weighted by Gasteiger charge is 2.37. The van der Waals surface area contributed by atoms with Gasteiger partial charge in [0.15, 0.2) is 11.5 Å². The Hall–Kier alpha value is -3.73. The summed E-state index contributed by atoms with van der Waals surface area (Å²) in [5, 5.41) is 4.93. The summed E-state index contributed by atoms with van der Waals surface area (Å²) in [4.78, 5) is 4.70. The molecule has 0 amide bonds. The molecule has 1 N–H and O–H groups in total. The summed E-state index contributed by atoms with van der Waals surface area (Å²) in [5.41, 5.74) is 7.85. The second-order valence-electron chi connectivity index (χ2n) is 10.4. The van der Waals surface area contributed by atoms with Crippen LogP contribution in [0.4, 0.5) is 11.4 Å². The van der Waals surface area contributed by atoms with E-state index in [9.17, 15) is 0 Å². The van der Waals surface area contributed by atoms with Gasteiger partial charge in [0.1, 0.15) is 6.61 Å². The number of hydrogen-bond donors (Lipinski definition) is 1. The fraction of sp³-hybridized carbons (Fsp3) is 0.206. The maximum Gasteiger partial charge on any atom is 0.180 e. The molecule has 0 bridgehead atoms. The van der Waals surface area contributed by atoms with Crippen LogP contribution in [-0.2, 0) is 6.61 Å². The third kappa shape index (κ3) is 5.47. The second kappa shape index (κ2) is 11.4. The summed E-state index contributed by atoms with van der Waals surface area (Å²) in [5.74, 6) is 2.00. The average molecular weight is 570 g/mol. The van der Waals surface area contributed by atoms with Gasteiger partial charge in [-0.15, -0.1) is 0 Å². The van der Waals surface area contributed by atoms with Crippen LogP contribution >= 0.6 is 23.2 Å². The van der Waals surface area contributed by atoms with Gasteiger partial charge in [-0.3, -0.25) is 4.99 Å². The highest BCUT2D eigenvalue weighted by atomic mass is 35.5. The first kappa shape index (κ1) is 26.5. The Morgan fingerprint density at radius 1 is 1.00 bits per heavy atom. The Balaban J connectivity index is 1.17. The predicted octanol–water partition coefficient (Wildman–Crippen LogP) is 9.47. The van der Waals surface area contributed by atoms with Gasteiger partial charge < -0.3 is 14.8 Å². The zero-order valence-corrected chi connectivity index (χ0v) is 23.9. The summed E-state index contributed by atoms with van der Waals surface area (Å²) in [7, 11) is 1.60. The topological polar surface area (TPSA) is 42.8 Å². The Morgan fingerprint density at radius 3 is 2.65 bits per heavy atom. The Morgan fingerprint density at radius 2 is 1.85 bits per heavy atom. The van der Waals surface area contributed by atoms with Gasteiger partial charge in [0.25, 0.3) is 0 Å². The molecule has 0 radical (unpaired) electrons. The van der Waals surface area contributed by atoms with Crippen LogP contribution in [-0.4, -0.2) is 13.3 Å². The Labute approximate surface area is 245 Å². The van der Waals surface area contributed by atoms with Gasteiger partial charge in [0.2, 0.25) is 0 Å². The number of aliphatic imine (C=N–C) groups is 1. The van der Waals surface area contributed by atoms with Gasteiger partial charge >= 0.3 is 0 Å². The Bertz CT molecular complexity index is 1600. The van der Waals surface area contributed by atoms with Crippen molar-refractivity contribution in [3.63, 3.8) is 0 Å². The minimum atomic E-state index is 0.260.